The zero-order valence-electron chi connectivity index (χ0n) is 13.6. The number of benzene rings is 1. The van der Waals surface area contributed by atoms with Crippen LogP contribution >= 0.6 is 11.8 Å². The minimum absolute atomic E-state index is 0.0746. The number of carbonyl (C=O) groups is 1. The minimum atomic E-state index is -0.246. The fourth-order valence-corrected chi connectivity index (χ4v) is 2.75. The predicted octanol–water partition coefficient (Wildman–Crippen LogP) is 1.98. The number of hydrogen-bond donors (Lipinski definition) is 2. The van der Waals surface area contributed by atoms with Crippen molar-refractivity contribution >= 4 is 17.7 Å². The number of aliphatic hydroxyl groups is 1. The zero-order chi connectivity index (χ0) is 16.8. The second-order valence-corrected chi connectivity index (χ2v) is 6.61. The third-order valence-corrected chi connectivity index (χ3v) is 4.31. The average Bonchev–Trinajstić information content (AvgIpc) is 3.01. The van der Waals surface area contributed by atoms with E-state index >= 15 is 0 Å². The van der Waals surface area contributed by atoms with Gasteiger partial charge in [-0.25, -0.2) is 0 Å². The average molecular weight is 334 g/mol. The van der Waals surface area contributed by atoms with Crippen LogP contribution in [-0.2, 0) is 4.79 Å². The van der Waals surface area contributed by atoms with Gasteiger partial charge in [0.15, 0.2) is 5.16 Å². The van der Waals surface area contributed by atoms with Crippen LogP contribution in [-0.4, -0.2) is 44.2 Å². The van der Waals surface area contributed by atoms with E-state index in [-0.39, 0.29) is 24.3 Å². The SMILES string of the molecule is CC(C)c1ccc(-n2cnnc2SCC(=O)N[C@@H](C)CO)cc1. The first-order chi connectivity index (χ1) is 11.0. The molecule has 2 aromatic rings. The van der Waals surface area contributed by atoms with Crippen molar-refractivity contribution in [1.82, 2.24) is 20.1 Å². The molecule has 7 heteroatoms. The van der Waals surface area contributed by atoms with E-state index in [1.807, 2.05) is 16.7 Å². The van der Waals surface area contributed by atoms with Crippen molar-refractivity contribution in [2.24, 2.45) is 0 Å². The third kappa shape index (κ3) is 4.80. The standard InChI is InChI=1S/C16H22N4O2S/c1-11(2)13-4-6-14(7-5-13)20-10-17-19-16(20)23-9-15(22)18-12(3)8-21/h4-7,10-12,21H,8-9H2,1-3H3,(H,18,22)/t12-/m0/s1. The number of nitrogens with zero attached hydrogens (tertiary/aromatic N) is 3. The first-order valence-electron chi connectivity index (χ1n) is 7.54. The summed E-state index contributed by atoms with van der Waals surface area (Å²) in [6.45, 7) is 5.98. The normalized spacial score (nSPS) is 12.4. The van der Waals surface area contributed by atoms with Crippen LogP contribution in [0.25, 0.3) is 5.69 Å². The Labute approximate surface area is 140 Å². The maximum atomic E-state index is 11.8. The molecule has 1 heterocycles. The van der Waals surface area contributed by atoms with E-state index in [1.165, 1.54) is 17.3 Å². The molecule has 1 atom stereocenters. The molecule has 0 aliphatic rings. The van der Waals surface area contributed by atoms with E-state index < -0.39 is 0 Å². The highest BCUT2D eigenvalue weighted by Crippen LogP contribution is 2.21. The molecule has 1 aromatic carbocycles. The largest absolute Gasteiger partial charge is 0.394 e. The lowest BCUT2D eigenvalue weighted by atomic mass is 10.0. The number of amides is 1. The first-order valence-corrected chi connectivity index (χ1v) is 8.53. The minimum Gasteiger partial charge on any atom is -0.394 e. The maximum absolute atomic E-state index is 11.8. The Morgan fingerprint density at radius 1 is 1.30 bits per heavy atom. The van der Waals surface area contributed by atoms with Crippen molar-refractivity contribution in [1.29, 1.82) is 0 Å². The van der Waals surface area contributed by atoms with E-state index in [4.69, 9.17) is 5.11 Å². The third-order valence-electron chi connectivity index (χ3n) is 3.37. The summed E-state index contributed by atoms with van der Waals surface area (Å²) in [7, 11) is 0. The van der Waals surface area contributed by atoms with Crippen LogP contribution in [0.4, 0.5) is 0 Å². The first kappa shape index (κ1) is 17.5. The molecular weight excluding hydrogens is 312 g/mol. The Hall–Kier alpha value is -1.86. The van der Waals surface area contributed by atoms with Crippen molar-refractivity contribution in [2.75, 3.05) is 12.4 Å². The Morgan fingerprint density at radius 2 is 2.00 bits per heavy atom. The summed E-state index contributed by atoms with van der Waals surface area (Å²) in [5.41, 5.74) is 2.24. The molecule has 2 N–H and O–H groups in total. The molecule has 23 heavy (non-hydrogen) atoms. The number of hydrogen-bond acceptors (Lipinski definition) is 5. The second-order valence-electron chi connectivity index (χ2n) is 5.67. The van der Waals surface area contributed by atoms with Crippen LogP contribution < -0.4 is 5.32 Å². The van der Waals surface area contributed by atoms with Gasteiger partial charge in [-0.2, -0.15) is 0 Å². The van der Waals surface area contributed by atoms with Gasteiger partial charge < -0.3 is 10.4 Å². The van der Waals surface area contributed by atoms with Crippen molar-refractivity contribution in [3.05, 3.63) is 36.2 Å². The molecule has 0 unspecified atom stereocenters. The summed E-state index contributed by atoms with van der Waals surface area (Å²) in [6.07, 6.45) is 1.64. The summed E-state index contributed by atoms with van der Waals surface area (Å²) in [5, 5.41) is 20.3. The van der Waals surface area contributed by atoms with E-state index in [9.17, 15) is 4.79 Å². The van der Waals surface area contributed by atoms with E-state index in [2.05, 4.69) is 41.5 Å². The van der Waals surface area contributed by atoms with Crippen LogP contribution in [0, 0.1) is 0 Å². The Kier molecular flexibility index (Phi) is 6.18. The quantitative estimate of drug-likeness (QED) is 0.757. The molecule has 6 nitrogen and oxygen atoms in total. The molecule has 0 saturated heterocycles. The van der Waals surface area contributed by atoms with Gasteiger partial charge in [-0.15, -0.1) is 10.2 Å². The summed E-state index contributed by atoms with van der Waals surface area (Å²) in [5.74, 6) is 0.574. The van der Waals surface area contributed by atoms with Crippen LogP contribution in [0.15, 0.2) is 35.7 Å². The number of aromatic nitrogens is 3. The van der Waals surface area contributed by atoms with Gasteiger partial charge in [0.05, 0.1) is 12.4 Å². The molecule has 1 aromatic heterocycles. The lowest BCUT2D eigenvalue weighted by Crippen LogP contribution is -2.36. The van der Waals surface area contributed by atoms with Gasteiger partial charge in [0.25, 0.3) is 0 Å². The molecule has 0 aliphatic carbocycles. The number of carbonyl (C=O) groups excluding carboxylic acids is 1. The van der Waals surface area contributed by atoms with Crippen molar-refractivity contribution in [3.8, 4) is 5.69 Å². The molecular formula is C16H22N4O2S. The number of rotatable bonds is 7. The zero-order valence-corrected chi connectivity index (χ0v) is 14.4. The van der Waals surface area contributed by atoms with Crippen LogP contribution in [0.3, 0.4) is 0 Å². The lowest BCUT2D eigenvalue weighted by molar-refractivity contribution is -0.119. The van der Waals surface area contributed by atoms with Crippen molar-refractivity contribution < 1.29 is 9.90 Å². The highest BCUT2D eigenvalue weighted by Gasteiger charge is 2.12. The van der Waals surface area contributed by atoms with Gasteiger partial charge in [0.2, 0.25) is 5.91 Å². The van der Waals surface area contributed by atoms with E-state index in [0.29, 0.717) is 11.1 Å². The van der Waals surface area contributed by atoms with Gasteiger partial charge in [-0.1, -0.05) is 37.7 Å². The predicted molar refractivity (Wildman–Crippen MR) is 90.9 cm³/mol. The fraction of sp³-hybridized carbons (Fsp3) is 0.438. The van der Waals surface area contributed by atoms with Crippen LogP contribution in [0.1, 0.15) is 32.3 Å². The molecule has 0 radical (unpaired) electrons. The summed E-state index contributed by atoms with van der Waals surface area (Å²) in [6, 6.07) is 7.98. The van der Waals surface area contributed by atoms with Crippen molar-refractivity contribution in [3.63, 3.8) is 0 Å². The van der Waals surface area contributed by atoms with Crippen LogP contribution in [0.2, 0.25) is 0 Å². The van der Waals surface area contributed by atoms with E-state index in [1.54, 1.807) is 13.3 Å². The molecule has 1 amide bonds. The topological polar surface area (TPSA) is 80.0 Å². The summed E-state index contributed by atoms with van der Waals surface area (Å²) < 4.78 is 1.86. The number of aliphatic hydroxyl groups excluding tert-OH is 1. The molecule has 2 rings (SSSR count). The smallest absolute Gasteiger partial charge is 0.230 e. The monoisotopic (exact) mass is 334 g/mol. The molecule has 0 saturated carbocycles. The second kappa shape index (κ2) is 8.12. The van der Waals surface area contributed by atoms with Crippen molar-refractivity contribution in [2.45, 2.75) is 37.9 Å². The Morgan fingerprint density at radius 3 is 2.61 bits per heavy atom. The van der Waals surface area contributed by atoms with Gasteiger partial charge in [-0.05, 0) is 30.5 Å². The molecule has 0 spiro atoms. The maximum Gasteiger partial charge on any atom is 0.230 e. The van der Waals surface area contributed by atoms with Crippen LogP contribution in [0.5, 0.6) is 0 Å². The van der Waals surface area contributed by atoms with E-state index in [0.717, 1.165) is 5.69 Å². The number of nitrogens with one attached hydrogen (secondary N) is 1. The van der Waals surface area contributed by atoms with Gasteiger partial charge >= 0.3 is 0 Å². The summed E-state index contributed by atoms with van der Waals surface area (Å²) in [4.78, 5) is 11.8. The van der Waals surface area contributed by atoms with Gasteiger partial charge in [0, 0.05) is 11.7 Å². The number of thioether (sulfide) groups is 1. The Balaban J connectivity index is 2.03. The highest BCUT2D eigenvalue weighted by atomic mass is 32.2. The lowest BCUT2D eigenvalue weighted by Gasteiger charge is -2.11. The fourth-order valence-electron chi connectivity index (χ4n) is 2.01. The highest BCUT2D eigenvalue weighted by molar-refractivity contribution is 7.99. The molecule has 0 aliphatic heterocycles. The molecule has 0 bridgehead atoms. The van der Waals surface area contributed by atoms with Gasteiger partial charge in [-0.3, -0.25) is 9.36 Å². The molecule has 124 valence electrons. The Bertz CT molecular complexity index is 640. The summed E-state index contributed by atoms with van der Waals surface area (Å²) >= 11 is 1.32. The van der Waals surface area contributed by atoms with Gasteiger partial charge in [0.1, 0.15) is 6.33 Å². The molecule has 0 fully saturated rings.